The number of benzene rings is 2. The van der Waals surface area contributed by atoms with E-state index < -0.39 is 10.8 Å². The zero-order valence-electron chi connectivity index (χ0n) is 17.4. The van der Waals surface area contributed by atoms with Crippen molar-refractivity contribution in [2.24, 2.45) is 0 Å². The first-order chi connectivity index (χ1) is 15.9. The normalized spacial score (nSPS) is 10.7. The molecule has 4 aromatic rings. The molecule has 1 amide bonds. The lowest BCUT2D eigenvalue weighted by Crippen LogP contribution is -2.12. The molecule has 0 fully saturated rings. The van der Waals surface area contributed by atoms with Gasteiger partial charge in [-0.25, -0.2) is 14.1 Å². The van der Waals surface area contributed by atoms with Crippen LogP contribution in [0.4, 0.5) is 16.0 Å². The van der Waals surface area contributed by atoms with Crippen molar-refractivity contribution in [3.05, 3.63) is 99.5 Å². The molecule has 0 bridgehead atoms. The van der Waals surface area contributed by atoms with Crippen molar-refractivity contribution in [1.29, 1.82) is 0 Å². The molecule has 2 aromatic heterocycles. The number of nitro benzene ring substituents is 1. The van der Waals surface area contributed by atoms with E-state index in [4.69, 9.17) is 9.15 Å². The van der Waals surface area contributed by atoms with Crippen LogP contribution in [0.25, 0.3) is 0 Å². The third-order valence-corrected chi connectivity index (χ3v) is 4.63. The Bertz CT molecular complexity index is 1320. The van der Waals surface area contributed by atoms with Crippen molar-refractivity contribution in [2.45, 2.75) is 20.1 Å². The van der Waals surface area contributed by atoms with Gasteiger partial charge in [0.1, 0.15) is 30.3 Å². The van der Waals surface area contributed by atoms with Crippen molar-refractivity contribution in [1.82, 2.24) is 14.8 Å². The van der Waals surface area contributed by atoms with Gasteiger partial charge in [-0.3, -0.25) is 20.2 Å². The van der Waals surface area contributed by atoms with Crippen LogP contribution in [-0.2, 0) is 13.2 Å². The Morgan fingerprint density at radius 3 is 2.85 bits per heavy atom. The fourth-order valence-electron chi connectivity index (χ4n) is 3.07. The molecule has 2 aromatic carbocycles. The van der Waals surface area contributed by atoms with Gasteiger partial charge in [0, 0.05) is 11.6 Å². The number of aryl methyl sites for hydroxylation is 1. The van der Waals surface area contributed by atoms with E-state index in [-0.39, 0.29) is 29.8 Å². The first-order valence-electron chi connectivity index (χ1n) is 9.79. The molecular formula is C22H18FN5O5. The van der Waals surface area contributed by atoms with Crippen LogP contribution in [0.2, 0.25) is 0 Å². The number of amides is 1. The number of rotatable bonds is 8. The lowest BCUT2D eigenvalue weighted by Gasteiger charge is -2.05. The fourth-order valence-corrected chi connectivity index (χ4v) is 3.07. The van der Waals surface area contributed by atoms with Gasteiger partial charge in [0.05, 0.1) is 11.5 Å². The van der Waals surface area contributed by atoms with E-state index in [1.165, 1.54) is 41.3 Å². The maximum absolute atomic E-state index is 13.3. The van der Waals surface area contributed by atoms with Gasteiger partial charge in [-0.1, -0.05) is 12.1 Å². The molecule has 11 heteroatoms. The van der Waals surface area contributed by atoms with Crippen LogP contribution in [-0.4, -0.2) is 25.6 Å². The third-order valence-electron chi connectivity index (χ3n) is 4.63. The molecule has 10 nitrogen and oxygen atoms in total. The highest BCUT2D eigenvalue weighted by Crippen LogP contribution is 2.24. The van der Waals surface area contributed by atoms with Gasteiger partial charge in [0.2, 0.25) is 5.95 Å². The average Bonchev–Trinajstić information content (AvgIpc) is 3.42. The summed E-state index contributed by atoms with van der Waals surface area (Å²) in [5, 5.41) is 17.6. The summed E-state index contributed by atoms with van der Waals surface area (Å²) in [6, 6.07) is 13.6. The minimum Gasteiger partial charge on any atom is -0.486 e. The van der Waals surface area contributed by atoms with Gasteiger partial charge in [-0.15, -0.1) is 5.10 Å². The second kappa shape index (κ2) is 9.30. The van der Waals surface area contributed by atoms with Gasteiger partial charge in [0.25, 0.3) is 11.6 Å². The summed E-state index contributed by atoms with van der Waals surface area (Å²) in [5.74, 6) is 0.0506. The summed E-state index contributed by atoms with van der Waals surface area (Å²) in [4.78, 5) is 26.9. The second-order valence-electron chi connectivity index (χ2n) is 7.11. The van der Waals surface area contributed by atoms with E-state index in [0.717, 1.165) is 0 Å². The molecule has 0 aliphatic carbocycles. The van der Waals surface area contributed by atoms with Gasteiger partial charge in [-0.2, -0.15) is 0 Å². The van der Waals surface area contributed by atoms with E-state index in [9.17, 15) is 19.3 Å². The van der Waals surface area contributed by atoms with Crippen LogP contribution in [0.5, 0.6) is 5.75 Å². The molecule has 0 aliphatic rings. The number of anilines is 1. The van der Waals surface area contributed by atoms with E-state index >= 15 is 0 Å². The molecule has 0 atom stereocenters. The summed E-state index contributed by atoms with van der Waals surface area (Å²) in [6.45, 7) is 1.95. The molecule has 33 heavy (non-hydrogen) atoms. The zero-order valence-corrected chi connectivity index (χ0v) is 17.4. The number of nitro groups is 1. The van der Waals surface area contributed by atoms with E-state index in [1.54, 1.807) is 31.2 Å². The monoisotopic (exact) mass is 451 g/mol. The highest BCUT2D eigenvalue weighted by Gasteiger charge is 2.15. The number of furan rings is 1. The van der Waals surface area contributed by atoms with Crippen LogP contribution in [0.1, 0.15) is 27.4 Å². The molecule has 2 heterocycles. The number of carbonyl (C=O) groups is 1. The summed E-state index contributed by atoms with van der Waals surface area (Å²) in [6.07, 6.45) is 1.42. The maximum atomic E-state index is 13.3. The number of ether oxygens (including phenoxy) is 1. The average molecular weight is 451 g/mol. The number of aromatic nitrogens is 3. The first-order valence-corrected chi connectivity index (χ1v) is 9.79. The zero-order chi connectivity index (χ0) is 23.4. The lowest BCUT2D eigenvalue weighted by atomic mass is 10.2. The molecule has 168 valence electrons. The van der Waals surface area contributed by atoms with E-state index in [0.29, 0.717) is 29.2 Å². The third kappa shape index (κ3) is 5.39. The summed E-state index contributed by atoms with van der Waals surface area (Å²) >= 11 is 0. The number of hydrogen-bond donors (Lipinski definition) is 1. The number of nitrogens with one attached hydrogen (secondary N) is 1. The topological polar surface area (TPSA) is 125 Å². The number of carbonyl (C=O) groups excluding carboxylic acids is 1. The SMILES string of the molecule is Cc1cc(OCc2ccc(C(=O)Nc3ncn(Cc4cccc(F)c4)n3)o2)ccc1[N+](=O)[O-]. The Morgan fingerprint density at radius 2 is 2.09 bits per heavy atom. The van der Waals surface area contributed by atoms with Crippen LogP contribution in [0.3, 0.4) is 0 Å². The highest BCUT2D eigenvalue weighted by molar-refractivity contribution is 6.01. The predicted molar refractivity (Wildman–Crippen MR) is 114 cm³/mol. The minimum absolute atomic E-state index is 0.00582. The molecule has 0 aliphatic heterocycles. The fraction of sp³-hybridized carbons (Fsp3) is 0.136. The van der Waals surface area contributed by atoms with Gasteiger partial charge < -0.3 is 9.15 Å². The molecule has 1 N–H and O–H groups in total. The molecule has 0 spiro atoms. The van der Waals surface area contributed by atoms with Crippen molar-refractivity contribution < 1.29 is 23.3 Å². The van der Waals surface area contributed by atoms with E-state index in [2.05, 4.69) is 15.4 Å². The lowest BCUT2D eigenvalue weighted by molar-refractivity contribution is -0.385. The molecule has 0 radical (unpaired) electrons. The van der Waals surface area contributed by atoms with Gasteiger partial charge in [0.15, 0.2) is 5.76 Å². The largest absolute Gasteiger partial charge is 0.486 e. The van der Waals surface area contributed by atoms with Crippen LogP contribution >= 0.6 is 0 Å². The van der Waals surface area contributed by atoms with Crippen LogP contribution in [0.15, 0.2) is 65.3 Å². The molecular weight excluding hydrogens is 433 g/mol. The molecule has 0 unspecified atom stereocenters. The Balaban J connectivity index is 1.33. The van der Waals surface area contributed by atoms with E-state index in [1.807, 2.05) is 0 Å². The quantitative estimate of drug-likeness (QED) is 0.316. The summed E-state index contributed by atoms with van der Waals surface area (Å²) in [7, 11) is 0. The Kier molecular flexibility index (Phi) is 6.11. The predicted octanol–water partition coefficient (Wildman–Crippen LogP) is 4.11. The number of hydrogen-bond acceptors (Lipinski definition) is 7. The minimum atomic E-state index is -0.545. The maximum Gasteiger partial charge on any atom is 0.293 e. The van der Waals surface area contributed by atoms with Crippen LogP contribution < -0.4 is 10.1 Å². The molecule has 0 saturated carbocycles. The Morgan fingerprint density at radius 1 is 1.24 bits per heavy atom. The smallest absolute Gasteiger partial charge is 0.293 e. The van der Waals surface area contributed by atoms with Gasteiger partial charge in [-0.05, 0) is 48.9 Å². The van der Waals surface area contributed by atoms with Crippen molar-refractivity contribution in [2.75, 3.05) is 5.32 Å². The standard InChI is InChI=1S/C22H18FN5O5/c1-14-9-17(5-7-19(14)28(30)31)32-12-18-6-8-20(33-18)21(29)25-22-24-13-27(26-22)11-15-3-2-4-16(23)10-15/h2-10,13H,11-12H2,1H3,(H,25,26,29). The Labute approximate surface area is 186 Å². The highest BCUT2D eigenvalue weighted by atomic mass is 19.1. The van der Waals surface area contributed by atoms with Crippen molar-refractivity contribution in [3.8, 4) is 5.75 Å². The van der Waals surface area contributed by atoms with Crippen LogP contribution in [0, 0.1) is 22.9 Å². The van der Waals surface area contributed by atoms with Crippen molar-refractivity contribution in [3.63, 3.8) is 0 Å². The summed E-state index contributed by atoms with van der Waals surface area (Å²) in [5.41, 5.74) is 1.18. The van der Waals surface area contributed by atoms with Gasteiger partial charge >= 0.3 is 0 Å². The van der Waals surface area contributed by atoms with Crippen molar-refractivity contribution >= 4 is 17.5 Å². The Hall–Kier alpha value is -4.54. The number of nitrogens with zero attached hydrogens (tertiary/aromatic N) is 4. The second-order valence-corrected chi connectivity index (χ2v) is 7.11. The first kappa shape index (κ1) is 21.7. The summed E-state index contributed by atoms with van der Waals surface area (Å²) < 4.78 is 25.9. The molecule has 4 rings (SSSR count). The number of halogens is 1. The molecule has 0 saturated heterocycles.